The predicted octanol–water partition coefficient (Wildman–Crippen LogP) is 3.43. The molecule has 86 valence electrons. The van der Waals surface area contributed by atoms with Crippen LogP contribution in [0.5, 0.6) is 0 Å². The molecule has 1 aromatic heterocycles. The molecule has 0 aliphatic rings. The fourth-order valence-corrected chi connectivity index (χ4v) is 2.54. The summed E-state index contributed by atoms with van der Waals surface area (Å²) in [5.41, 5.74) is 6.99. The van der Waals surface area contributed by atoms with E-state index in [4.69, 9.17) is 12.2 Å². The quantitative estimate of drug-likeness (QED) is 0.863. The topological polar surface area (TPSA) is 38.9 Å². The molecule has 0 aliphatic carbocycles. The molecule has 1 unspecified atom stereocenters. The van der Waals surface area contributed by atoms with Gasteiger partial charge in [0.1, 0.15) is 0 Å². The maximum Gasteiger partial charge on any atom is 0.180 e. The molecular weight excluding hydrogens is 296 g/mol. The van der Waals surface area contributed by atoms with E-state index in [1.165, 1.54) is 11.3 Å². The van der Waals surface area contributed by atoms with Crippen molar-refractivity contribution in [2.24, 2.45) is 0 Å². The lowest BCUT2D eigenvalue weighted by Crippen LogP contribution is -2.21. The molecule has 0 radical (unpaired) electrons. The van der Waals surface area contributed by atoms with Gasteiger partial charge in [0.05, 0.1) is 11.1 Å². The average Bonchev–Trinajstić information content (AvgIpc) is 2.76. The summed E-state index contributed by atoms with van der Waals surface area (Å²) < 4.78 is 1.03. The number of aromatic nitrogens is 1. The van der Waals surface area contributed by atoms with E-state index >= 15 is 0 Å². The molecule has 0 fully saturated rings. The first-order chi connectivity index (χ1) is 8.06. The summed E-state index contributed by atoms with van der Waals surface area (Å²) in [7, 11) is 0. The van der Waals surface area contributed by atoms with Crippen molar-refractivity contribution < 1.29 is 0 Å². The van der Waals surface area contributed by atoms with Crippen LogP contribution in [0.3, 0.4) is 0 Å². The summed E-state index contributed by atoms with van der Waals surface area (Å²) in [6, 6.07) is 7.94. The number of benzene rings is 1. The first kappa shape index (κ1) is 12.2. The van der Waals surface area contributed by atoms with E-state index in [0.717, 1.165) is 15.7 Å². The minimum Gasteiger partial charge on any atom is -0.375 e. The Morgan fingerprint density at radius 3 is 2.53 bits per heavy atom. The molecule has 0 saturated carbocycles. The Hall–Kier alpha value is -1.31. The predicted molar refractivity (Wildman–Crippen MR) is 76.0 cm³/mol. The van der Waals surface area contributed by atoms with Crippen LogP contribution in [0.1, 0.15) is 18.2 Å². The normalized spacial score (nSPS) is 13.9. The Kier molecular flexibility index (Phi) is 3.23. The number of thiazole rings is 1. The van der Waals surface area contributed by atoms with Crippen LogP contribution in [0.15, 0.2) is 34.1 Å². The highest BCUT2D eigenvalue weighted by Crippen LogP contribution is 2.33. The van der Waals surface area contributed by atoms with Gasteiger partial charge >= 0.3 is 0 Å². The molecule has 2 aromatic rings. The van der Waals surface area contributed by atoms with Crippen molar-refractivity contribution in [1.82, 2.24) is 4.98 Å². The maximum absolute atomic E-state index is 5.68. The molecule has 17 heavy (non-hydrogen) atoms. The number of hydrogen-bond donors (Lipinski definition) is 1. The number of halogens is 1. The molecule has 2 rings (SSSR count). The average molecular weight is 307 g/mol. The summed E-state index contributed by atoms with van der Waals surface area (Å²) in [5.74, 6) is 2.82. The fourth-order valence-electron chi connectivity index (χ4n) is 1.61. The van der Waals surface area contributed by atoms with Crippen LogP contribution < -0.4 is 5.73 Å². The smallest absolute Gasteiger partial charge is 0.180 e. The van der Waals surface area contributed by atoms with E-state index in [9.17, 15) is 0 Å². The third-order valence-corrected chi connectivity index (χ3v) is 3.95. The standard InChI is InChI=1S/C13H11BrN2S/c1-3-13(2,11-8-17-12(15)16-11)9-4-6-10(14)7-5-9/h1,4-8H,2H3,(H2,15,16). The number of rotatable bonds is 2. The van der Waals surface area contributed by atoms with Crippen molar-refractivity contribution in [3.05, 3.63) is 45.4 Å². The Labute approximate surface area is 113 Å². The first-order valence-electron chi connectivity index (χ1n) is 5.01. The van der Waals surface area contributed by atoms with E-state index in [0.29, 0.717) is 5.13 Å². The van der Waals surface area contributed by atoms with Crippen LogP contribution in [0.25, 0.3) is 0 Å². The molecule has 2 nitrogen and oxygen atoms in total. The Morgan fingerprint density at radius 1 is 1.41 bits per heavy atom. The van der Waals surface area contributed by atoms with Crippen LogP contribution in [-0.2, 0) is 5.41 Å². The molecular formula is C13H11BrN2S. The van der Waals surface area contributed by atoms with Gasteiger partial charge in [0.25, 0.3) is 0 Å². The third-order valence-electron chi connectivity index (χ3n) is 2.74. The largest absolute Gasteiger partial charge is 0.375 e. The highest BCUT2D eigenvalue weighted by molar-refractivity contribution is 9.10. The van der Waals surface area contributed by atoms with E-state index < -0.39 is 5.41 Å². The Balaban J connectivity index is 2.52. The van der Waals surface area contributed by atoms with Crippen molar-refractivity contribution in [2.75, 3.05) is 5.73 Å². The minimum atomic E-state index is -0.533. The molecule has 1 atom stereocenters. The molecule has 0 aliphatic heterocycles. The molecule has 0 bridgehead atoms. The maximum atomic E-state index is 5.68. The molecule has 4 heteroatoms. The summed E-state index contributed by atoms with van der Waals surface area (Å²) in [5, 5.41) is 2.45. The van der Waals surface area contributed by atoms with Gasteiger partial charge in [-0.25, -0.2) is 4.98 Å². The van der Waals surface area contributed by atoms with Crippen LogP contribution in [-0.4, -0.2) is 4.98 Å². The van der Waals surface area contributed by atoms with Crippen molar-refractivity contribution in [3.63, 3.8) is 0 Å². The van der Waals surface area contributed by atoms with E-state index in [-0.39, 0.29) is 0 Å². The van der Waals surface area contributed by atoms with Gasteiger partial charge in [0, 0.05) is 9.85 Å². The summed E-state index contributed by atoms with van der Waals surface area (Å²) in [4.78, 5) is 4.29. The zero-order chi connectivity index (χ0) is 12.5. The molecule has 0 spiro atoms. The lowest BCUT2D eigenvalue weighted by molar-refractivity contribution is 0.729. The Morgan fingerprint density at radius 2 is 2.06 bits per heavy atom. The van der Waals surface area contributed by atoms with Gasteiger partial charge in [0.2, 0.25) is 0 Å². The second kappa shape index (κ2) is 4.52. The zero-order valence-electron chi connectivity index (χ0n) is 9.27. The first-order valence-corrected chi connectivity index (χ1v) is 6.69. The zero-order valence-corrected chi connectivity index (χ0v) is 11.7. The highest BCUT2D eigenvalue weighted by atomic mass is 79.9. The molecule has 0 amide bonds. The van der Waals surface area contributed by atoms with Crippen LogP contribution in [0, 0.1) is 12.3 Å². The van der Waals surface area contributed by atoms with Crippen LogP contribution in [0.4, 0.5) is 5.13 Å². The van der Waals surface area contributed by atoms with Gasteiger partial charge in [-0.05, 0) is 24.6 Å². The number of anilines is 1. The second-order valence-corrected chi connectivity index (χ2v) is 5.65. The number of terminal acetylenes is 1. The van der Waals surface area contributed by atoms with E-state index in [2.05, 4.69) is 26.8 Å². The van der Waals surface area contributed by atoms with Gasteiger partial charge in [-0.3, -0.25) is 0 Å². The molecule has 0 saturated heterocycles. The van der Waals surface area contributed by atoms with E-state index in [1.807, 2.05) is 36.6 Å². The molecule has 1 heterocycles. The summed E-state index contributed by atoms with van der Waals surface area (Å²) in [6.45, 7) is 1.98. The molecule has 2 N–H and O–H groups in total. The lowest BCUT2D eigenvalue weighted by Gasteiger charge is -2.22. The fraction of sp³-hybridized carbons (Fsp3) is 0.154. The monoisotopic (exact) mass is 306 g/mol. The SMILES string of the molecule is C#CC(C)(c1ccc(Br)cc1)c1csc(N)n1. The van der Waals surface area contributed by atoms with Gasteiger partial charge in [-0.15, -0.1) is 17.8 Å². The number of nitrogen functional groups attached to an aromatic ring is 1. The number of nitrogens with two attached hydrogens (primary N) is 1. The van der Waals surface area contributed by atoms with Crippen LogP contribution >= 0.6 is 27.3 Å². The van der Waals surface area contributed by atoms with Crippen molar-refractivity contribution in [2.45, 2.75) is 12.3 Å². The lowest BCUT2D eigenvalue weighted by atomic mass is 9.81. The van der Waals surface area contributed by atoms with Gasteiger partial charge in [0.15, 0.2) is 5.13 Å². The van der Waals surface area contributed by atoms with Gasteiger partial charge < -0.3 is 5.73 Å². The van der Waals surface area contributed by atoms with Crippen molar-refractivity contribution in [3.8, 4) is 12.3 Å². The van der Waals surface area contributed by atoms with Gasteiger partial charge in [-0.2, -0.15) is 0 Å². The minimum absolute atomic E-state index is 0.533. The summed E-state index contributed by atoms with van der Waals surface area (Å²) >= 11 is 4.82. The van der Waals surface area contributed by atoms with Crippen molar-refractivity contribution in [1.29, 1.82) is 0 Å². The third kappa shape index (κ3) is 2.21. The second-order valence-electron chi connectivity index (χ2n) is 3.85. The highest BCUT2D eigenvalue weighted by Gasteiger charge is 2.29. The van der Waals surface area contributed by atoms with Gasteiger partial charge in [-0.1, -0.05) is 34.0 Å². The Bertz CT molecular complexity index is 568. The number of nitrogens with zero attached hydrogens (tertiary/aromatic N) is 1. The number of hydrogen-bond acceptors (Lipinski definition) is 3. The summed E-state index contributed by atoms with van der Waals surface area (Å²) in [6.07, 6.45) is 5.68. The van der Waals surface area contributed by atoms with E-state index in [1.54, 1.807) is 0 Å². The molecule has 1 aromatic carbocycles. The van der Waals surface area contributed by atoms with Crippen LogP contribution in [0.2, 0.25) is 0 Å². The van der Waals surface area contributed by atoms with Crippen molar-refractivity contribution >= 4 is 32.4 Å².